The van der Waals surface area contributed by atoms with Crippen molar-refractivity contribution in [1.82, 2.24) is 30.0 Å². The first-order valence-corrected chi connectivity index (χ1v) is 9.74. The van der Waals surface area contributed by atoms with E-state index in [2.05, 4.69) is 20.4 Å². The van der Waals surface area contributed by atoms with Gasteiger partial charge in [0.2, 0.25) is 5.91 Å². The largest absolute Gasteiger partial charge is 0.340 e. The molecule has 1 amide bonds. The molecule has 0 spiro atoms. The van der Waals surface area contributed by atoms with E-state index in [1.54, 1.807) is 28.9 Å². The van der Waals surface area contributed by atoms with Crippen molar-refractivity contribution < 1.29 is 9.18 Å². The molecule has 0 unspecified atom stereocenters. The number of hydrogen-bond acceptors (Lipinski definition) is 5. The molecule has 1 fully saturated rings. The average molecular weight is 415 g/mol. The number of carbonyl (C=O) groups is 1. The van der Waals surface area contributed by atoms with E-state index >= 15 is 0 Å². The second kappa shape index (κ2) is 8.67. The molecule has 3 aromatic rings. The van der Waals surface area contributed by atoms with Gasteiger partial charge in [-0.15, -0.1) is 5.10 Å². The van der Waals surface area contributed by atoms with Crippen LogP contribution in [0.5, 0.6) is 0 Å². The minimum absolute atomic E-state index is 0.108. The Morgan fingerprint density at radius 1 is 1.07 bits per heavy atom. The van der Waals surface area contributed by atoms with E-state index in [0.29, 0.717) is 42.6 Å². The number of amides is 1. The summed E-state index contributed by atoms with van der Waals surface area (Å²) in [7, 11) is 0. The van der Waals surface area contributed by atoms with E-state index in [4.69, 9.17) is 11.6 Å². The number of hydrogen-bond donors (Lipinski definition) is 0. The van der Waals surface area contributed by atoms with E-state index in [0.717, 1.165) is 18.7 Å². The predicted octanol–water partition coefficient (Wildman–Crippen LogP) is 2.34. The Kier molecular flexibility index (Phi) is 5.82. The fraction of sp³-hybridized carbons (Fsp3) is 0.300. The van der Waals surface area contributed by atoms with Gasteiger partial charge in [0.1, 0.15) is 5.82 Å². The number of rotatable bonds is 5. The standard InChI is InChI=1S/C20H20ClFN6O/c21-16-6-4-15(5-7-16)12-20(29)27-10-8-26(9-11-27)14-19-23-24-25-28(19)18-3-1-2-17(22)13-18/h1-7,13H,8-12,14H2. The van der Waals surface area contributed by atoms with Gasteiger partial charge in [-0.05, 0) is 46.3 Å². The number of tetrazole rings is 1. The van der Waals surface area contributed by atoms with Gasteiger partial charge in [0.05, 0.1) is 18.7 Å². The third-order valence-corrected chi connectivity index (χ3v) is 5.20. The summed E-state index contributed by atoms with van der Waals surface area (Å²) in [5.41, 5.74) is 1.54. The quantitative estimate of drug-likeness (QED) is 0.641. The molecule has 1 aromatic heterocycles. The topological polar surface area (TPSA) is 67.2 Å². The lowest BCUT2D eigenvalue weighted by Gasteiger charge is -2.34. The maximum Gasteiger partial charge on any atom is 0.227 e. The van der Waals surface area contributed by atoms with Gasteiger partial charge < -0.3 is 4.90 Å². The molecule has 0 saturated carbocycles. The minimum atomic E-state index is -0.336. The predicted molar refractivity (Wildman–Crippen MR) is 106 cm³/mol. The second-order valence-electron chi connectivity index (χ2n) is 6.95. The van der Waals surface area contributed by atoms with Gasteiger partial charge in [0.25, 0.3) is 0 Å². The third-order valence-electron chi connectivity index (χ3n) is 4.95. The molecule has 0 atom stereocenters. The normalized spacial score (nSPS) is 14.9. The number of benzene rings is 2. The van der Waals surface area contributed by atoms with Gasteiger partial charge in [-0.2, -0.15) is 4.68 Å². The Hall–Kier alpha value is -2.84. The van der Waals surface area contributed by atoms with Gasteiger partial charge in [0.15, 0.2) is 5.82 Å². The highest BCUT2D eigenvalue weighted by molar-refractivity contribution is 6.30. The molecular weight excluding hydrogens is 395 g/mol. The highest BCUT2D eigenvalue weighted by atomic mass is 35.5. The second-order valence-corrected chi connectivity index (χ2v) is 7.38. The zero-order valence-corrected chi connectivity index (χ0v) is 16.5. The number of piperazine rings is 1. The van der Waals surface area contributed by atoms with E-state index in [9.17, 15) is 9.18 Å². The summed E-state index contributed by atoms with van der Waals surface area (Å²) >= 11 is 5.89. The molecule has 0 N–H and O–H groups in total. The lowest BCUT2D eigenvalue weighted by Crippen LogP contribution is -2.48. The van der Waals surface area contributed by atoms with Crippen molar-refractivity contribution in [2.24, 2.45) is 0 Å². The van der Waals surface area contributed by atoms with Gasteiger partial charge in [0, 0.05) is 31.2 Å². The zero-order chi connectivity index (χ0) is 20.2. The lowest BCUT2D eigenvalue weighted by atomic mass is 10.1. The van der Waals surface area contributed by atoms with Crippen LogP contribution in [0.4, 0.5) is 4.39 Å². The van der Waals surface area contributed by atoms with Crippen LogP contribution < -0.4 is 0 Å². The van der Waals surface area contributed by atoms with Crippen molar-refractivity contribution in [3.63, 3.8) is 0 Å². The van der Waals surface area contributed by atoms with Crippen LogP contribution in [0.2, 0.25) is 5.02 Å². The van der Waals surface area contributed by atoms with E-state index in [1.165, 1.54) is 12.1 Å². The molecule has 0 aliphatic carbocycles. The fourth-order valence-electron chi connectivity index (χ4n) is 3.36. The van der Waals surface area contributed by atoms with Crippen LogP contribution in [0.1, 0.15) is 11.4 Å². The van der Waals surface area contributed by atoms with Crippen LogP contribution >= 0.6 is 11.6 Å². The minimum Gasteiger partial charge on any atom is -0.340 e. The SMILES string of the molecule is O=C(Cc1ccc(Cl)cc1)N1CCN(Cc2nnnn2-c2cccc(F)c2)CC1. The molecule has 1 aliphatic rings. The van der Waals surface area contributed by atoms with Crippen molar-refractivity contribution in [1.29, 1.82) is 0 Å². The van der Waals surface area contributed by atoms with Crippen molar-refractivity contribution in [3.8, 4) is 5.69 Å². The Balaban J connectivity index is 1.33. The maximum absolute atomic E-state index is 13.5. The van der Waals surface area contributed by atoms with Gasteiger partial charge in [-0.1, -0.05) is 29.8 Å². The summed E-state index contributed by atoms with van der Waals surface area (Å²) in [6.45, 7) is 3.27. The van der Waals surface area contributed by atoms with Crippen LogP contribution in [-0.2, 0) is 17.8 Å². The molecule has 4 rings (SSSR count). The average Bonchev–Trinajstić information content (AvgIpc) is 3.18. The maximum atomic E-state index is 13.5. The summed E-state index contributed by atoms with van der Waals surface area (Å²) in [5, 5.41) is 12.4. The van der Waals surface area contributed by atoms with Crippen molar-refractivity contribution >= 4 is 17.5 Å². The monoisotopic (exact) mass is 414 g/mol. The fourth-order valence-corrected chi connectivity index (χ4v) is 3.48. The van der Waals surface area contributed by atoms with E-state index < -0.39 is 0 Å². The molecule has 0 bridgehead atoms. The van der Waals surface area contributed by atoms with Crippen LogP contribution in [0.3, 0.4) is 0 Å². The van der Waals surface area contributed by atoms with Crippen molar-refractivity contribution in [2.45, 2.75) is 13.0 Å². The van der Waals surface area contributed by atoms with E-state index in [-0.39, 0.29) is 11.7 Å². The molecule has 2 aromatic carbocycles. The molecule has 0 radical (unpaired) electrons. The Morgan fingerprint density at radius 2 is 1.83 bits per heavy atom. The smallest absolute Gasteiger partial charge is 0.227 e. The highest BCUT2D eigenvalue weighted by Gasteiger charge is 2.23. The molecule has 29 heavy (non-hydrogen) atoms. The molecular formula is C20H20ClFN6O. The van der Waals surface area contributed by atoms with Crippen molar-refractivity contribution in [2.75, 3.05) is 26.2 Å². The van der Waals surface area contributed by atoms with Gasteiger partial charge >= 0.3 is 0 Å². The zero-order valence-electron chi connectivity index (χ0n) is 15.7. The number of aromatic nitrogens is 4. The van der Waals surface area contributed by atoms with Crippen molar-refractivity contribution in [3.05, 3.63) is 70.8 Å². The van der Waals surface area contributed by atoms with Gasteiger partial charge in [-0.25, -0.2) is 4.39 Å². The summed E-state index contributed by atoms with van der Waals surface area (Å²) in [4.78, 5) is 16.6. The molecule has 1 aliphatic heterocycles. The molecule has 7 nitrogen and oxygen atoms in total. The first-order chi connectivity index (χ1) is 14.1. The number of carbonyl (C=O) groups excluding carboxylic acids is 1. The summed E-state index contributed by atoms with van der Waals surface area (Å²) in [5.74, 6) is 0.407. The van der Waals surface area contributed by atoms with Crippen LogP contribution in [0.25, 0.3) is 5.69 Å². The third kappa shape index (κ3) is 4.78. The number of nitrogens with zero attached hydrogens (tertiary/aromatic N) is 6. The molecule has 9 heteroatoms. The highest BCUT2D eigenvalue weighted by Crippen LogP contribution is 2.14. The first-order valence-electron chi connectivity index (χ1n) is 9.36. The summed E-state index contributed by atoms with van der Waals surface area (Å²) < 4.78 is 15.1. The Morgan fingerprint density at radius 3 is 2.55 bits per heavy atom. The van der Waals surface area contributed by atoms with Gasteiger partial charge in [-0.3, -0.25) is 9.69 Å². The van der Waals surface area contributed by atoms with Crippen LogP contribution in [0.15, 0.2) is 48.5 Å². The van der Waals surface area contributed by atoms with Crippen LogP contribution in [0, 0.1) is 5.82 Å². The Labute approximate surface area is 172 Å². The molecule has 150 valence electrons. The summed E-state index contributed by atoms with van der Waals surface area (Å²) in [6.07, 6.45) is 0.370. The molecule has 1 saturated heterocycles. The van der Waals surface area contributed by atoms with Crippen LogP contribution in [-0.4, -0.2) is 62.1 Å². The van der Waals surface area contributed by atoms with E-state index in [1.807, 2.05) is 17.0 Å². The Bertz CT molecular complexity index is 985. The molecule has 2 heterocycles. The number of halogens is 2. The lowest BCUT2D eigenvalue weighted by molar-refractivity contribution is -0.132. The first kappa shape index (κ1) is 19.5. The summed E-state index contributed by atoms with van der Waals surface area (Å²) in [6, 6.07) is 13.5.